The van der Waals surface area contributed by atoms with Crippen molar-refractivity contribution in [2.45, 2.75) is 13.8 Å². The van der Waals surface area contributed by atoms with E-state index in [1.807, 2.05) is 39.4 Å². The number of nitrogens with one attached hydrogen (secondary N) is 1. The van der Waals surface area contributed by atoms with Gasteiger partial charge < -0.3 is 10.1 Å². The number of rotatable bonds is 2. The highest BCUT2D eigenvalue weighted by Gasteiger charge is 2.20. The average Bonchev–Trinajstić information content (AvgIpc) is 3.24. The van der Waals surface area contributed by atoms with Gasteiger partial charge in [0.25, 0.3) is 0 Å². The normalized spacial score (nSPS) is 11.0. The standard InChI is InChI=1S/C20H17N5O/c1-11-4-5-17(26)12(2)18(11)16-9-23-20-19(14(16)6-21)15(8-22-20)13-7-24-25(3)10-13/h4-5,7-10,26H,1-3H3,(H,22,23). The zero-order valence-electron chi connectivity index (χ0n) is 14.7. The van der Waals surface area contributed by atoms with Crippen LogP contribution >= 0.6 is 0 Å². The van der Waals surface area contributed by atoms with Gasteiger partial charge in [0, 0.05) is 47.7 Å². The second kappa shape index (κ2) is 5.74. The molecule has 0 aliphatic rings. The van der Waals surface area contributed by atoms with Crippen molar-refractivity contribution in [1.82, 2.24) is 19.7 Å². The van der Waals surface area contributed by atoms with Gasteiger partial charge in [-0.25, -0.2) is 4.98 Å². The predicted molar refractivity (Wildman–Crippen MR) is 99.6 cm³/mol. The minimum Gasteiger partial charge on any atom is -0.508 e. The molecular weight excluding hydrogens is 326 g/mol. The summed E-state index contributed by atoms with van der Waals surface area (Å²) in [5.41, 5.74) is 6.27. The lowest BCUT2D eigenvalue weighted by Gasteiger charge is -2.13. The highest BCUT2D eigenvalue weighted by molar-refractivity contribution is 6.01. The Morgan fingerprint density at radius 2 is 2.00 bits per heavy atom. The van der Waals surface area contributed by atoms with Crippen molar-refractivity contribution in [3.63, 3.8) is 0 Å². The third-order valence-corrected chi connectivity index (χ3v) is 4.74. The number of phenols is 1. The molecule has 0 aliphatic carbocycles. The molecule has 4 aromatic rings. The minimum absolute atomic E-state index is 0.205. The van der Waals surface area contributed by atoms with Crippen molar-refractivity contribution >= 4 is 11.0 Å². The van der Waals surface area contributed by atoms with Gasteiger partial charge in [-0.2, -0.15) is 10.4 Å². The molecule has 0 saturated carbocycles. The van der Waals surface area contributed by atoms with Gasteiger partial charge in [0.1, 0.15) is 17.5 Å². The first kappa shape index (κ1) is 15.9. The van der Waals surface area contributed by atoms with Crippen LogP contribution in [0.2, 0.25) is 0 Å². The SMILES string of the molecule is Cc1ccc(O)c(C)c1-c1cnc2[nH]cc(-c3cnn(C)c3)c2c1C#N. The van der Waals surface area contributed by atoms with Gasteiger partial charge in [-0.05, 0) is 36.6 Å². The van der Waals surface area contributed by atoms with Crippen LogP contribution in [-0.4, -0.2) is 24.9 Å². The van der Waals surface area contributed by atoms with Crippen LogP contribution in [0.1, 0.15) is 16.7 Å². The second-order valence-corrected chi connectivity index (χ2v) is 6.39. The Morgan fingerprint density at radius 3 is 2.69 bits per heavy atom. The number of aromatic amines is 1. The molecule has 6 nitrogen and oxygen atoms in total. The zero-order valence-corrected chi connectivity index (χ0v) is 14.7. The first-order valence-electron chi connectivity index (χ1n) is 8.20. The summed E-state index contributed by atoms with van der Waals surface area (Å²) >= 11 is 0. The van der Waals surface area contributed by atoms with E-state index in [-0.39, 0.29) is 5.75 Å². The molecule has 0 atom stereocenters. The van der Waals surface area contributed by atoms with Gasteiger partial charge in [-0.1, -0.05) is 6.07 Å². The molecule has 0 radical (unpaired) electrons. The number of aromatic nitrogens is 4. The van der Waals surface area contributed by atoms with Gasteiger partial charge >= 0.3 is 0 Å². The van der Waals surface area contributed by atoms with Crippen LogP contribution in [0, 0.1) is 25.2 Å². The third-order valence-electron chi connectivity index (χ3n) is 4.74. The maximum atomic E-state index is 10.1. The number of aryl methyl sites for hydroxylation is 2. The maximum absolute atomic E-state index is 10.1. The lowest BCUT2D eigenvalue weighted by molar-refractivity contribution is 0.471. The van der Waals surface area contributed by atoms with E-state index in [1.54, 1.807) is 23.1 Å². The topological polar surface area (TPSA) is 90.5 Å². The van der Waals surface area contributed by atoms with Crippen LogP contribution in [-0.2, 0) is 7.05 Å². The van der Waals surface area contributed by atoms with E-state index in [2.05, 4.69) is 21.1 Å². The first-order chi connectivity index (χ1) is 12.5. The quantitative estimate of drug-likeness (QED) is 0.579. The van der Waals surface area contributed by atoms with Crippen molar-refractivity contribution in [1.29, 1.82) is 5.26 Å². The molecule has 128 valence electrons. The molecule has 0 amide bonds. The van der Waals surface area contributed by atoms with Gasteiger partial charge in [0.05, 0.1) is 11.8 Å². The minimum atomic E-state index is 0.205. The molecule has 0 aliphatic heterocycles. The van der Waals surface area contributed by atoms with Gasteiger partial charge in [0.15, 0.2) is 0 Å². The van der Waals surface area contributed by atoms with Crippen molar-refractivity contribution < 1.29 is 5.11 Å². The number of aromatic hydroxyl groups is 1. The summed E-state index contributed by atoms with van der Waals surface area (Å²) in [6.07, 6.45) is 7.21. The van der Waals surface area contributed by atoms with Crippen LogP contribution in [0.25, 0.3) is 33.3 Å². The first-order valence-corrected chi connectivity index (χ1v) is 8.20. The fourth-order valence-electron chi connectivity index (χ4n) is 3.44. The average molecular weight is 343 g/mol. The van der Waals surface area contributed by atoms with Crippen LogP contribution in [0.5, 0.6) is 5.75 Å². The van der Waals surface area contributed by atoms with E-state index < -0.39 is 0 Å². The van der Waals surface area contributed by atoms with Crippen molar-refractivity contribution in [3.8, 4) is 34.1 Å². The smallest absolute Gasteiger partial charge is 0.139 e. The van der Waals surface area contributed by atoms with Crippen molar-refractivity contribution in [2.24, 2.45) is 7.05 Å². The number of nitrogens with zero attached hydrogens (tertiary/aromatic N) is 4. The van der Waals surface area contributed by atoms with Gasteiger partial charge in [0.2, 0.25) is 0 Å². The van der Waals surface area contributed by atoms with Crippen LogP contribution in [0.4, 0.5) is 0 Å². The summed E-state index contributed by atoms with van der Waals surface area (Å²) in [6.45, 7) is 3.81. The fraction of sp³-hybridized carbons (Fsp3) is 0.150. The summed E-state index contributed by atoms with van der Waals surface area (Å²) in [5, 5.41) is 25.1. The predicted octanol–water partition coefficient (Wildman–Crippen LogP) is 3.82. The van der Waals surface area contributed by atoms with Gasteiger partial charge in [-0.15, -0.1) is 0 Å². The van der Waals surface area contributed by atoms with Crippen molar-refractivity contribution in [3.05, 3.63) is 53.6 Å². The summed E-state index contributed by atoms with van der Waals surface area (Å²) in [7, 11) is 1.85. The molecule has 0 unspecified atom stereocenters. The van der Waals surface area contributed by atoms with Crippen LogP contribution in [0.3, 0.4) is 0 Å². The highest BCUT2D eigenvalue weighted by Crippen LogP contribution is 2.39. The lowest BCUT2D eigenvalue weighted by atomic mass is 9.91. The fourth-order valence-corrected chi connectivity index (χ4v) is 3.44. The molecule has 4 rings (SSSR count). The Morgan fingerprint density at radius 1 is 1.19 bits per heavy atom. The zero-order chi connectivity index (χ0) is 18.4. The van der Waals surface area contributed by atoms with Gasteiger partial charge in [-0.3, -0.25) is 4.68 Å². The third kappa shape index (κ3) is 2.25. The van der Waals surface area contributed by atoms with E-state index in [4.69, 9.17) is 0 Å². The molecule has 0 bridgehead atoms. The highest BCUT2D eigenvalue weighted by atomic mass is 16.3. The number of hydrogen-bond donors (Lipinski definition) is 2. The Hall–Kier alpha value is -3.59. The van der Waals surface area contributed by atoms with Crippen LogP contribution in [0.15, 0.2) is 36.9 Å². The molecule has 2 N–H and O–H groups in total. The molecule has 6 heteroatoms. The molecule has 3 heterocycles. The Bertz CT molecular complexity index is 1190. The summed E-state index contributed by atoms with van der Waals surface area (Å²) < 4.78 is 1.72. The number of pyridine rings is 1. The molecule has 1 aromatic carbocycles. The molecule has 0 spiro atoms. The van der Waals surface area contributed by atoms with E-state index in [0.717, 1.165) is 38.8 Å². The number of H-pyrrole nitrogens is 1. The Balaban J connectivity index is 2.08. The summed E-state index contributed by atoms with van der Waals surface area (Å²) in [4.78, 5) is 7.66. The van der Waals surface area contributed by atoms with E-state index in [1.165, 1.54) is 0 Å². The summed E-state index contributed by atoms with van der Waals surface area (Å²) in [6, 6.07) is 5.86. The Labute approximate surface area is 150 Å². The van der Waals surface area contributed by atoms with E-state index >= 15 is 0 Å². The van der Waals surface area contributed by atoms with E-state index in [9.17, 15) is 10.4 Å². The number of fused-ring (bicyclic) bond motifs is 1. The lowest BCUT2D eigenvalue weighted by Crippen LogP contribution is -1.95. The van der Waals surface area contributed by atoms with E-state index in [0.29, 0.717) is 11.2 Å². The molecule has 3 aromatic heterocycles. The maximum Gasteiger partial charge on any atom is 0.139 e. The van der Waals surface area contributed by atoms with Crippen molar-refractivity contribution in [2.75, 3.05) is 0 Å². The molecule has 0 saturated heterocycles. The molecular formula is C20H17N5O. The van der Waals surface area contributed by atoms with Crippen LogP contribution < -0.4 is 0 Å². The molecule has 0 fully saturated rings. The Kier molecular flexibility index (Phi) is 3.51. The monoisotopic (exact) mass is 343 g/mol. The largest absolute Gasteiger partial charge is 0.508 e. The number of benzene rings is 1. The number of nitriles is 1. The second-order valence-electron chi connectivity index (χ2n) is 6.39. The number of hydrogen-bond acceptors (Lipinski definition) is 4. The molecule has 26 heavy (non-hydrogen) atoms. The summed E-state index contributed by atoms with van der Waals surface area (Å²) in [5.74, 6) is 0.205. The number of phenolic OH excluding ortho intramolecular Hbond substituents is 1.